The molecule has 7 unspecified atom stereocenters. The van der Waals surface area contributed by atoms with Crippen LogP contribution in [-0.2, 0) is 47.5 Å². The zero-order valence-corrected chi connectivity index (χ0v) is 34.5. The number of carbonyl (C=O) groups is 5. The number of hydrogen-bond acceptors (Lipinski definition) is 14. The average Bonchev–Trinajstić information content (AvgIpc) is 3.31. The fourth-order valence-electron chi connectivity index (χ4n) is 7.66. The smallest absolute Gasteiger partial charge is 0.331 e. The van der Waals surface area contributed by atoms with Crippen molar-refractivity contribution in [3.63, 3.8) is 0 Å². The van der Waals surface area contributed by atoms with E-state index in [1.807, 2.05) is 30.3 Å². The van der Waals surface area contributed by atoms with E-state index >= 15 is 0 Å². The Morgan fingerprint density at radius 3 is 1.76 bits per heavy atom. The second-order valence-corrected chi connectivity index (χ2v) is 15.0. The van der Waals surface area contributed by atoms with E-state index in [-0.39, 0.29) is 19.7 Å². The van der Waals surface area contributed by atoms with E-state index in [0.29, 0.717) is 30.4 Å². The van der Waals surface area contributed by atoms with E-state index < -0.39 is 110 Å². The van der Waals surface area contributed by atoms with Crippen molar-refractivity contribution in [2.45, 2.75) is 86.5 Å². The molecule has 3 aliphatic heterocycles. The molecule has 4 amide bonds. The Bertz CT molecular complexity index is 1930. The Morgan fingerprint density at radius 1 is 0.694 bits per heavy atom. The van der Waals surface area contributed by atoms with Crippen LogP contribution < -0.4 is 21.3 Å². The van der Waals surface area contributed by atoms with Crippen LogP contribution in [0.25, 0.3) is 0 Å². The maximum Gasteiger partial charge on any atom is 0.331 e. The highest BCUT2D eigenvalue weighted by molar-refractivity contribution is 5.96. The third-order valence-electron chi connectivity index (χ3n) is 10.9. The predicted octanol–water partition coefficient (Wildman–Crippen LogP) is 0.562. The van der Waals surface area contributed by atoms with Crippen LogP contribution >= 0.6 is 0 Å². The average molecular weight is 863 g/mol. The van der Waals surface area contributed by atoms with Crippen LogP contribution in [-0.4, -0.2) is 148 Å². The van der Waals surface area contributed by atoms with Gasteiger partial charge in [0, 0.05) is 36.9 Å². The quantitative estimate of drug-likeness (QED) is 0.0758. The van der Waals surface area contributed by atoms with Crippen LogP contribution in [0.15, 0.2) is 91.0 Å². The van der Waals surface area contributed by atoms with Crippen molar-refractivity contribution in [1.29, 1.82) is 0 Å². The van der Waals surface area contributed by atoms with E-state index in [1.165, 1.54) is 14.2 Å². The summed E-state index contributed by atoms with van der Waals surface area (Å²) in [5, 5.41) is 32.0. The third-order valence-corrected chi connectivity index (χ3v) is 10.9. The number of aliphatic hydroxyl groups excluding tert-OH is 2. The molecular weight excluding hydrogens is 808 g/mol. The monoisotopic (exact) mass is 862 g/mol. The summed E-state index contributed by atoms with van der Waals surface area (Å²) >= 11 is 0. The molecule has 0 aliphatic carbocycles. The molecule has 0 bridgehead atoms. The highest BCUT2D eigenvalue weighted by Gasteiger charge is 2.54. The summed E-state index contributed by atoms with van der Waals surface area (Å²) in [5.74, 6) is -2.78. The molecule has 6 N–H and O–H groups in total. The largest absolute Gasteiger partial charge is 0.467 e. The van der Waals surface area contributed by atoms with Gasteiger partial charge in [0.15, 0.2) is 18.5 Å². The molecule has 0 aromatic heterocycles. The molecule has 3 heterocycles. The number of fused-ring (bicyclic) bond motifs is 1. The number of rotatable bonds is 18. The van der Waals surface area contributed by atoms with Gasteiger partial charge < -0.3 is 64.6 Å². The topological polar surface area (TPSA) is 239 Å². The van der Waals surface area contributed by atoms with Crippen molar-refractivity contribution < 1.29 is 67.3 Å². The van der Waals surface area contributed by atoms with Gasteiger partial charge in [-0.05, 0) is 43.5 Å². The Labute approximate surface area is 358 Å². The number of esters is 1. The van der Waals surface area contributed by atoms with Gasteiger partial charge >= 0.3 is 5.97 Å². The van der Waals surface area contributed by atoms with Gasteiger partial charge in [-0.2, -0.15) is 0 Å². The summed E-state index contributed by atoms with van der Waals surface area (Å²) in [5.41, 5.74) is 1.39. The van der Waals surface area contributed by atoms with Crippen molar-refractivity contribution in [3.05, 3.63) is 108 Å². The van der Waals surface area contributed by atoms with Crippen LogP contribution in [0, 0.1) is 0 Å². The van der Waals surface area contributed by atoms with E-state index in [4.69, 9.17) is 33.2 Å². The fraction of sp³-hybridized carbons (Fsp3) is 0.477. The number of carbonyl (C=O) groups excluding carboxylic acids is 5. The summed E-state index contributed by atoms with van der Waals surface area (Å²) in [6.45, 7) is -0.625. The van der Waals surface area contributed by atoms with E-state index in [0.717, 1.165) is 5.56 Å². The van der Waals surface area contributed by atoms with Gasteiger partial charge in [-0.1, -0.05) is 66.7 Å². The Morgan fingerprint density at radius 2 is 1.23 bits per heavy atom. The standard InChI is InChI=1S/C44H54N4O14/c1-56-31(50)25-58-37-33(48-41(53)27-17-9-4-10-18-27)39(61-30-24-59-44(62-35(30)37)28-19-11-5-12-20-28)43(55)46-22-14-6-13-21-45-42(54)38-32(36(57-2)34(51)29(23-49)60-38)47-40(52)26-15-7-3-8-16-26/h3-5,7-12,15-20,29-30,32-39,44,49,51H,6,13-14,21-25H2,1-2H3,(H,45,54)(H,46,55)(H,47,52)(H,48,53)/t29?,30?,32?,33?,34-,35-,36?,37?,38+,39+,44?/m0/s1. The normalized spacial score (nSPS) is 28.1. The molecule has 6 rings (SSSR count). The Kier molecular flexibility index (Phi) is 16.9. The summed E-state index contributed by atoms with van der Waals surface area (Å²) in [6.07, 6.45) is -8.07. The predicted molar refractivity (Wildman–Crippen MR) is 218 cm³/mol. The fourth-order valence-corrected chi connectivity index (χ4v) is 7.66. The zero-order valence-electron chi connectivity index (χ0n) is 34.5. The number of aliphatic hydroxyl groups is 2. The molecule has 11 atom stereocenters. The minimum atomic E-state index is -1.32. The van der Waals surface area contributed by atoms with Gasteiger partial charge in [0.1, 0.15) is 43.2 Å². The van der Waals surface area contributed by atoms with E-state index in [2.05, 4.69) is 21.3 Å². The van der Waals surface area contributed by atoms with Gasteiger partial charge in [-0.15, -0.1) is 0 Å². The molecule has 0 spiro atoms. The minimum Gasteiger partial charge on any atom is -0.467 e. The van der Waals surface area contributed by atoms with Crippen molar-refractivity contribution in [2.75, 3.05) is 47.1 Å². The van der Waals surface area contributed by atoms with Gasteiger partial charge in [-0.3, -0.25) is 19.2 Å². The maximum absolute atomic E-state index is 13.9. The Hall–Kier alpha value is -5.31. The lowest BCUT2D eigenvalue weighted by molar-refractivity contribution is -0.315. The molecule has 0 radical (unpaired) electrons. The molecule has 3 saturated heterocycles. The number of nitrogens with one attached hydrogen (secondary N) is 4. The zero-order chi connectivity index (χ0) is 44.0. The number of amides is 4. The first kappa shape index (κ1) is 46.2. The van der Waals surface area contributed by atoms with Crippen LogP contribution in [0.3, 0.4) is 0 Å². The molecule has 3 fully saturated rings. The second kappa shape index (κ2) is 22.7. The van der Waals surface area contributed by atoms with E-state index in [9.17, 15) is 34.2 Å². The number of ether oxygens (including phenoxy) is 7. The molecule has 18 nitrogen and oxygen atoms in total. The molecule has 0 saturated carbocycles. The lowest BCUT2D eigenvalue weighted by Gasteiger charge is -2.49. The molecule has 62 heavy (non-hydrogen) atoms. The summed E-state index contributed by atoms with van der Waals surface area (Å²) < 4.78 is 40.9. The van der Waals surface area contributed by atoms with Crippen LogP contribution in [0.2, 0.25) is 0 Å². The molecule has 3 aromatic carbocycles. The Balaban J connectivity index is 1.06. The lowest BCUT2D eigenvalue weighted by Crippen LogP contribution is -2.69. The first-order valence-electron chi connectivity index (χ1n) is 20.5. The molecule has 334 valence electrons. The summed E-state index contributed by atoms with van der Waals surface area (Å²) in [6, 6.07) is 23.8. The number of benzene rings is 3. The molecule has 3 aromatic rings. The van der Waals surface area contributed by atoms with Gasteiger partial charge in [-0.25, -0.2) is 4.79 Å². The van der Waals surface area contributed by atoms with Crippen molar-refractivity contribution in [3.8, 4) is 0 Å². The van der Waals surface area contributed by atoms with Crippen LogP contribution in [0.5, 0.6) is 0 Å². The second-order valence-electron chi connectivity index (χ2n) is 15.0. The van der Waals surface area contributed by atoms with Gasteiger partial charge in [0.05, 0.1) is 32.4 Å². The maximum atomic E-state index is 13.9. The third kappa shape index (κ3) is 11.6. The highest BCUT2D eigenvalue weighted by Crippen LogP contribution is 2.36. The minimum absolute atomic E-state index is 0.0244. The summed E-state index contributed by atoms with van der Waals surface area (Å²) in [4.78, 5) is 66.4. The number of hydrogen-bond donors (Lipinski definition) is 6. The van der Waals surface area contributed by atoms with Gasteiger partial charge in [0.2, 0.25) is 0 Å². The SMILES string of the molecule is COC(=O)COC1C(NC(=O)c2ccccc2)[C@H](C(=O)NCCCCCNC(=O)[C@@H]2OC(CO)[C@H](O)C(OC)C2NC(=O)c2ccccc2)OC2COC(c3ccccc3)O[C@@H]21. The first-order chi connectivity index (χ1) is 30.1. The molecule has 18 heteroatoms. The van der Waals surface area contributed by atoms with Crippen LogP contribution in [0.1, 0.15) is 51.8 Å². The number of methoxy groups -OCH3 is 2. The van der Waals surface area contributed by atoms with Crippen molar-refractivity contribution in [1.82, 2.24) is 21.3 Å². The van der Waals surface area contributed by atoms with Crippen molar-refractivity contribution >= 4 is 29.6 Å². The van der Waals surface area contributed by atoms with E-state index in [1.54, 1.807) is 60.7 Å². The first-order valence-corrected chi connectivity index (χ1v) is 20.5. The van der Waals surface area contributed by atoms with Gasteiger partial charge in [0.25, 0.3) is 23.6 Å². The van der Waals surface area contributed by atoms with Crippen molar-refractivity contribution in [2.24, 2.45) is 0 Å². The number of unbranched alkanes of at least 4 members (excludes halogenated alkanes) is 2. The van der Waals surface area contributed by atoms with Crippen LogP contribution in [0.4, 0.5) is 0 Å². The molecular formula is C44H54N4O14. The lowest BCUT2D eigenvalue weighted by atomic mass is 9.90. The summed E-state index contributed by atoms with van der Waals surface area (Å²) in [7, 11) is 2.55. The molecule has 3 aliphatic rings. The highest BCUT2D eigenvalue weighted by atomic mass is 16.7.